The van der Waals surface area contributed by atoms with Crippen molar-refractivity contribution in [3.05, 3.63) is 0 Å². The summed E-state index contributed by atoms with van der Waals surface area (Å²) in [6, 6.07) is 0. The van der Waals surface area contributed by atoms with Gasteiger partial charge in [0.2, 0.25) is 0 Å². The van der Waals surface area contributed by atoms with Crippen molar-refractivity contribution in [2.45, 2.75) is 20.8 Å². The van der Waals surface area contributed by atoms with E-state index in [4.69, 9.17) is 5.73 Å². The molecular formula is C6H18N2. The Morgan fingerprint density at radius 3 is 1.38 bits per heavy atom. The summed E-state index contributed by atoms with van der Waals surface area (Å²) in [5.74, 6) is 0. The zero-order chi connectivity index (χ0) is 6.83. The van der Waals surface area contributed by atoms with Gasteiger partial charge < -0.3 is 11.1 Å². The van der Waals surface area contributed by atoms with E-state index in [2.05, 4.69) is 19.2 Å². The largest absolute Gasteiger partial charge is 0.331 e. The van der Waals surface area contributed by atoms with Crippen molar-refractivity contribution in [2.24, 2.45) is 5.73 Å². The van der Waals surface area contributed by atoms with E-state index in [-0.39, 0.29) is 0 Å². The fourth-order valence-electron chi connectivity index (χ4n) is 0.250. The van der Waals surface area contributed by atoms with Gasteiger partial charge >= 0.3 is 0 Å². The second-order valence-electron chi connectivity index (χ2n) is 1.37. The highest BCUT2D eigenvalue weighted by Gasteiger charge is 1.62. The van der Waals surface area contributed by atoms with Crippen LogP contribution in [0.3, 0.4) is 0 Å². The van der Waals surface area contributed by atoms with Gasteiger partial charge in [0.1, 0.15) is 0 Å². The lowest BCUT2D eigenvalue weighted by atomic mass is 10.7. The lowest BCUT2D eigenvalue weighted by Gasteiger charge is -1.86. The normalized spacial score (nSPS) is 7.50. The van der Waals surface area contributed by atoms with Gasteiger partial charge in [-0.25, -0.2) is 0 Å². The van der Waals surface area contributed by atoms with Gasteiger partial charge in [-0.2, -0.15) is 0 Å². The Balaban J connectivity index is 0. The summed E-state index contributed by atoms with van der Waals surface area (Å²) in [6.45, 7) is 9.04. The van der Waals surface area contributed by atoms with Gasteiger partial charge in [0, 0.05) is 0 Å². The van der Waals surface area contributed by atoms with Gasteiger partial charge in [-0.05, 0) is 19.6 Å². The minimum Gasteiger partial charge on any atom is -0.331 e. The molecule has 0 bridgehead atoms. The highest BCUT2D eigenvalue weighted by Crippen LogP contribution is 1.47. The van der Waals surface area contributed by atoms with Gasteiger partial charge in [0.05, 0.1) is 0 Å². The molecule has 0 heterocycles. The van der Waals surface area contributed by atoms with Crippen molar-refractivity contribution in [3.63, 3.8) is 0 Å². The van der Waals surface area contributed by atoms with Crippen LogP contribution < -0.4 is 11.1 Å². The Labute approximate surface area is 52.5 Å². The lowest BCUT2D eigenvalue weighted by molar-refractivity contribution is 0.762. The fraction of sp³-hybridized carbons (Fsp3) is 1.00. The molecule has 0 aromatic carbocycles. The van der Waals surface area contributed by atoms with Crippen molar-refractivity contribution in [1.29, 1.82) is 0 Å². The first kappa shape index (κ1) is 10.8. The Morgan fingerprint density at radius 2 is 1.38 bits per heavy atom. The van der Waals surface area contributed by atoms with E-state index in [1.165, 1.54) is 0 Å². The summed E-state index contributed by atoms with van der Waals surface area (Å²) in [7, 11) is 0. The quantitative estimate of drug-likeness (QED) is 0.556. The monoisotopic (exact) mass is 118 g/mol. The smallest absolute Gasteiger partial charge is 0.00775 e. The SMILES string of the molecule is CCN.CCNCC. The molecule has 0 aliphatic rings. The van der Waals surface area contributed by atoms with Gasteiger partial charge in [-0.1, -0.05) is 20.8 Å². The van der Waals surface area contributed by atoms with E-state index in [1.807, 2.05) is 6.92 Å². The van der Waals surface area contributed by atoms with Gasteiger partial charge in [-0.15, -0.1) is 0 Å². The molecule has 0 unspecified atom stereocenters. The Kier molecular flexibility index (Phi) is 21.3. The molecular weight excluding hydrogens is 100 g/mol. The number of rotatable bonds is 2. The third-order valence-corrected chi connectivity index (χ3v) is 0.500. The molecule has 0 saturated carbocycles. The standard InChI is InChI=1S/C4H11N.C2H7N/c1-3-5-4-2;1-2-3/h5H,3-4H2,1-2H3;2-3H2,1H3. The summed E-state index contributed by atoms with van der Waals surface area (Å²) in [6.07, 6.45) is 0. The average molecular weight is 118 g/mol. The van der Waals surface area contributed by atoms with Crippen molar-refractivity contribution in [2.75, 3.05) is 19.6 Å². The molecule has 2 nitrogen and oxygen atoms in total. The maximum absolute atomic E-state index is 4.85. The van der Waals surface area contributed by atoms with Gasteiger partial charge in [0.15, 0.2) is 0 Å². The van der Waals surface area contributed by atoms with Crippen molar-refractivity contribution < 1.29 is 0 Å². The van der Waals surface area contributed by atoms with Crippen LogP contribution >= 0.6 is 0 Å². The number of nitrogens with one attached hydrogen (secondary N) is 1. The molecule has 0 radical (unpaired) electrons. The average Bonchev–Trinajstić information content (AvgIpc) is 1.71. The summed E-state index contributed by atoms with van der Waals surface area (Å²) < 4.78 is 0. The van der Waals surface area contributed by atoms with E-state index >= 15 is 0 Å². The minimum atomic E-state index is 0.750. The van der Waals surface area contributed by atoms with Crippen LogP contribution in [0, 0.1) is 0 Å². The summed E-state index contributed by atoms with van der Waals surface area (Å²) in [5.41, 5.74) is 4.85. The molecule has 0 aliphatic heterocycles. The molecule has 0 amide bonds. The molecule has 2 heteroatoms. The van der Waals surface area contributed by atoms with E-state index in [1.54, 1.807) is 0 Å². The third kappa shape index (κ3) is 38.9. The van der Waals surface area contributed by atoms with Gasteiger partial charge in [0.25, 0.3) is 0 Å². The Morgan fingerprint density at radius 1 is 1.12 bits per heavy atom. The number of hydrogen-bond acceptors (Lipinski definition) is 2. The Bertz CT molecular complexity index is 20.5. The van der Waals surface area contributed by atoms with E-state index in [0.29, 0.717) is 0 Å². The van der Waals surface area contributed by atoms with Crippen molar-refractivity contribution in [3.8, 4) is 0 Å². The second-order valence-corrected chi connectivity index (χ2v) is 1.37. The molecule has 0 aromatic rings. The third-order valence-electron chi connectivity index (χ3n) is 0.500. The molecule has 0 saturated heterocycles. The molecule has 0 atom stereocenters. The van der Waals surface area contributed by atoms with Crippen LogP contribution in [0.15, 0.2) is 0 Å². The summed E-state index contributed by atoms with van der Waals surface area (Å²) >= 11 is 0. The summed E-state index contributed by atoms with van der Waals surface area (Å²) in [5, 5.41) is 3.11. The number of nitrogens with two attached hydrogens (primary N) is 1. The maximum Gasteiger partial charge on any atom is -0.00775 e. The first-order valence-electron chi connectivity index (χ1n) is 3.24. The highest BCUT2D eigenvalue weighted by atomic mass is 14.8. The number of hydrogen-bond donors (Lipinski definition) is 2. The van der Waals surface area contributed by atoms with E-state index in [9.17, 15) is 0 Å². The molecule has 0 spiro atoms. The van der Waals surface area contributed by atoms with Crippen LogP contribution in [0.25, 0.3) is 0 Å². The first-order chi connectivity index (χ1) is 3.83. The van der Waals surface area contributed by atoms with Crippen LogP contribution in [-0.4, -0.2) is 19.6 Å². The van der Waals surface area contributed by atoms with Crippen molar-refractivity contribution in [1.82, 2.24) is 5.32 Å². The van der Waals surface area contributed by atoms with Crippen LogP contribution in [0.2, 0.25) is 0 Å². The lowest BCUT2D eigenvalue weighted by Crippen LogP contribution is -2.09. The van der Waals surface area contributed by atoms with Crippen LogP contribution in [0.5, 0.6) is 0 Å². The molecule has 0 rings (SSSR count). The van der Waals surface area contributed by atoms with Crippen LogP contribution in [0.1, 0.15) is 20.8 Å². The highest BCUT2D eigenvalue weighted by molar-refractivity contribution is 4.27. The predicted molar refractivity (Wildman–Crippen MR) is 38.9 cm³/mol. The summed E-state index contributed by atoms with van der Waals surface area (Å²) in [4.78, 5) is 0. The van der Waals surface area contributed by atoms with Crippen molar-refractivity contribution >= 4 is 0 Å². The molecule has 3 N–H and O–H groups in total. The Hall–Kier alpha value is -0.0800. The minimum absolute atomic E-state index is 0.750. The molecule has 8 heavy (non-hydrogen) atoms. The second kappa shape index (κ2) is 15.8. The predicted octanol–water partition coefficient (Wildman–Crippen LogP) is 0.581. The zero-order valence-electron chi connectivity index (χ0n) is 6.20. The first-order valence-corrected chi connectivity index (χ1v) is 3.24. The van der Waals surface area contributed by atoms with E-state index < -0.39 is 0 Å². The van der Waals surface area contributed by atoms with E-state index in [0.717, 1.165) is 19.6 Å². The fourth-order valence-corrected chi connectivity index (χ4v) is 0.250. The molecule has 0 aromatic heterocycles. The van der Waals surface area contributed by atoms with Gasteiger partial charge in [-0.3, -0.25) is 0 Å². The zero-order valence-corrected chi connectivity index (χ0v) is 6.20. The molecule has 0 fully saturated rings. The molecule has 0 aliphatic carbocycles. The van der Waals surface area contributed by atoms with Crippen LogP contribution in [0.4, 0.5) is 0 Å². The maximum atomic E-state index is 4.85. The molecule has 52 valence electrons. The topological polar surface area (TPSA) is 38.0 Å². The van der Waals surface area contributed by atoms with Crippen LogP contribution in [-0.2, 0) is 0 Å².